The van der Waals surface area contributed by atoms with E-state index in [0.717, 1.165) is 21.4 Å². The van der Waals surface area contributed by atoms with Crippen molar-refractivity contribution in [3.63, 3.8) is 0 Å². The minimum Gasteiger partial charge on any atom is -0.243 e. The number of benzene rings is 1. The molecule has 0 radical (unpaired) electrons. The molecular formula is C12H10N2S. The standard InChI is InChI=1S/C12H10N2S/c1-7-8(2)15-12-11(7)13-9-5-3-4-6-10(9)14-12/h3-6H,1-2H3. The molecule has 0 aliphatic heterocycles. The highest BCUT2D eigenvalue weighted by atomic mass is 32.1. The first kappa shape index (κ1) is 8.80. The molecule has 0 saturated heterocycles. The average molecular weight is 214 g/mol. The van der Waals surface area contributed by atoms with Crippen molar-refractivity contribution in [2.45, 2.75) is 13.8 Å². The first-order valence-electron chi connectivity index (χ1n) is 4.88. The highest BCUT2D eigenvalue weighted by molar-refractivity contribution is 7.18. The third-order valence-electron chi connectivity index (χ3n) is 2.67. The predicted molar refractivity (Wildman–Crippen MR) is 64.4 cm³/mol. The van der Waals surface area contributed by atoms with Gasteiger partial charge in [-0.15, -0.1) is 11.3 Å². The van der Waals surface area contributed by atoms with Crippen molar-refractivity contribution in [2.24, 2.45) is 0 Å². The molecule has 3 aromatic rings. The SMILES string of the molecule is Cc1sc2nc3ccccc3nc2c1C. The number of thiophene rings is 1. The van der Waals surface area contributed by atoms with Crippen LogP contribution in [-0.2, 0) is 0 Å². The molecule has 0 unspecified atom stereocenters. The van der Waals surface area contributed by atoms with E-state index in [1.807, 2.05) is 24.3 Å². The van der Waals surface area contributed by atoms with Crippen LogP contribution in [0, 0.1) is 13.8 Å². The topological polar surface area (TPSA) is 25.8 Å². The molecule has 0 fully saturated rings. The minimum atomic E-state index is 0.978. The van der Waals surface area contributed by atoms with Gasteiger partial charge in [-0.2, -0.15) is 0 Å². The van der Waals surface area contributed by atoms with Crippen LogP contribution in [-0.4, -0.2) is 9.97 Å². The maximum absolute atomic E-state index is 4.65. The van der Waals surface area contributed by atoms with Crippen LogP contribution < -0.4 is 0 Å². The highest BCUT2D eigenvalue weighted by Crippen LogP contribution is 2.28. The Kier molecular flexibility index (Phi) is 1.76. The fourth-order valence-electron chi connectivity index (χ4n) is 1.69. The van der Waals surface area contributed by atoms with E-state index >= 15 is 0 Å². The van der Waals surface area contributed by atoms with Gasteiger partial charge < -0.3 is 0 Å². The van der Waals surface area contributed by atoms with Crippen molar-refractivity contribution in [1.29, 1.82) is 0 Å². The van der Waals surface area contributed by atoms with Gasteiger partial charge in [-0.05, 0) is 31.5 Å². The quantitative estimate of drug-likeness (QED) is 0.572. The molecule has 3 rings (SSSR count). The second-order valence-corrected chi connectivity index (χ2v) is 4.85. The van der Waals surface area contributed by atoms with Crippen LogP contribution in [0.5, 0.6) is 0 Å². The summed E-state index contributed by atoms with van der Waals surface area (Å²) < 4.78 is 0. The normalized spacial score (nSPS) is 11.3. The Morgan fingerprint density at radius 3 is 2.40 bits per heavy atom. The largest absolute Gasteiger partial charge is 0.243 e. The average Bonchev–Trinajstić information content (AvgIpc) is 2.52. The lowest BCUT2D eigenvalue weighted by atomic mass is 10.2. The molecule has 0 saturated carbocycles. The molecule has 0 N–H and O–H groups in total. The number of hydrogen-bond acceptors (Lipinski definition) is 3. The molecule has 0 spiro atoms. The highest BCUT2D eigenvalue weighted by Gasteiger charge is 2.08. The van der Waals surface area contributed by atoms with Gasteiger partial charge in [0.2, 0.25) is 0 Å². The zero-order valence-corrected chi connectivity index (χ0v) is 9.43. The Morgan fingerprint density at radius 2 is 1.67 bits per heavy atom. The van der Waals surface area contributed by atoms with Gasteiger partial charge in [0.1, 0.15) is 10.3 Å². The number of nitrogens with zero attached hydrogens (tertiary/aromatic N) is 2. The lowest BCUT2D eigenvalue weighted by Crippen LogP contribution is -1.84. The number of hydrogen-bond donors (Lipinski definition) is 0. The first-order chi connectivity index (χ1) is 7.25. The predicted octanol–water partition coefficient (Wildman–Crippen LogP) is 3.46. The van der Waals surface area contributed by atoms with Crippen LogP contribution in [0.4, 0.5) is 0 Å². The van der Waals surface area contributed by atoms with Gasteiger partial charge in [0.15, 0.2) is 0 Å². The molecule has 2 heterocycles. The molecule has 0 aliphatic carbocycles. The number of para-hydroxylation sites is 2. The molecule has 0 aliphatic rings. The minimum absolute atomic E-state index is 0.978. The summed E-state index contributed by atoms with van der Waals surface area (Å²) in [6.45, 7) is 4.23. The van der Waals surface area contributed by atoms with Crippen LogP contribution in [0.25, 0.3) is 21.4 Å². The molecule has 74 valence electrons. The van der Waals surface area contributed by atoms with Gasteiger partial charge in [-0.3, -0.25) is 0 Å². The van der Waals surface area contributed by atoms with E-state index in [1.165, 1.54) is 10.4 Å². The van der Waals surface area contributed by atoms with Crippen LogP contribution in [0.3, 0.4) is 0 Å². The van der Waals surface area contributed by atoms with Crippen molar-refractivity contribution in [3.05, 3.63) is 34.7 Å². The summed E-state index contributed by atoms with van der Waals surface area (Å²) in [7, 11) is 0. The van der Waals surface area contributed by atoms with E-state index < -0.39 is 0 Å². The van der Waals surface area contributed by atoms with Crippen LogP contribution >= 0.6 is 11.3 Å². The van der Waals surface area contributed by atoms with E-state index in [1.54, 1.807) is 11.3 Å². The molecule has 2 nitrogen and oxygen atoms in total. The van der Waals surface area contributed by atoms with E-state index in [2.05, 4.69) is 23.8 Å². The maximum Gasteiger partial charge on any atom is 0.143 e. The van der Waals surface area contributed by atoms with Crippen molar-refractivity contribution in [3.8, 4) is 0 Å². The third-order valence-corrected chi connectivity index (χ3v) is 3.76. The van der Waals surface area contributed by atoms with Gasteiger partial charge in [0.05, 0.1) is 11.0 Å². The third kappa shape index (κ3) is 1.23. The summed E-state index contributed by atoms with van der Waals surface area (Å²) >= 11 is 1.72. The fourth-order valence-corrected chi connectivity index (χ4v) is 2.67. The van der Waals surface area contributed by atoms with Gasteiger partial charge in [0.25, 0.3) is 0 Å². The lowest BCUT2D eigenvalue weighted by molar-refractivity contribution is 1.37. The molecule has 1 aromatic carbocycles. The number of aromatic nitrogens is 2. The second kappa shape index (κ2) is 3.00. The second-order valence-electron chi connectivity index (χ2n) is 3.65. The first-order valence-corrected chi connectivity index (χ1v) is 5.70. The summed E-state index contributed by atoms with van der Waals surface area (Å²) in [5, 5.41) is 0. The Labute approximate surface area is 91.6 Å². The Morgan fingerprint density at radius 1 is 1.00 bits per heavy atom. The summed E-state index contributed by atoms with van der Waals surface area (Å²) in [6.07, 6.45) is 0. The van der Waals surface area contributed by atoms with E-state index in [-0.39, 0.29) is 0 Å². The van der Waals surface area contributed by atoms with Crippen LogP contribution in [0.15, 0.2) is 24.3 Å². The van der Waals surface area contributed by atoms with Gasteiger partial charge in [-0.25, -0.2) is 9.97 Å². The molecule has 3 heteroatoms. The zero-order valence-electron chi connectivity index (χ0n) is 8.61. The van der Waals surface area contributed by atoms with Crippen molar-refractivity contribution < 1.29 is 0 Å². The van der Waals surface area contributed by atoms with Gasteiger partial charge in [-0.1, -0.05) is 12.1 Å². The Balaban J connectivity index is 2.53. The van der Waals surface area contributed by atoms with Gasteiger partial charge in [0, 0.05) is 4.88 Å². The number of rotatable bonds is 0. The fraction of sp³-hybridized carbons (Fsp3) is 0.167. The molecule has 0 bridgehead atoms. The molecule has 0 atom stereocenters. The molecule has 0 amide bonds. The maximum atomic E-state index is 4.65. The van der Waals surface area contributed by atoms with E-state index in [0.29, 0.717) is 0 Å². The van der Waals surface area contributed by atoms with E-state index in [4.69, 9.17) is 0 Å². The summed E-state index contributed by atoms with van der Waals surface area (Å²) in [4.78, 5) is 11.6. The van der Waals surface area contributed by atoms with Crippen LogP contribution in [0.2, 0.25) is 0 Å². The number of aryl methyl sites for hydroxylation is 2. The van der Waals surface area contributed by atoms with Crippen molar-refractivity contribution in [1.82, 2.24) is 9.97 Å². The Hall–Kier alpha value is -1.48. The van der Waals surface area contributed by atoms with Crippen molar-refractivity contribution >= 4 is 32.7 Å². The summed E-state index contributed by atoms with van der Waals surface area (Å²) in [5.74, 6) is 0. The molecular weight excluding hydrogens is 204 g/mol. The Bertz CT molecular complexity index is 655. The monoisotopic (exact) mass is 214 g/mol. The zero-order chi connectivity index (χ0) is 10.4. The lowest BCUT2D eigenvalue weighted by Gasteiger charge is -1.96. The molecule has 2 aromatic heterocycles. The summed E-state index contributed by atoms with van der Waals surface area (Å²) in [6, 6.07) is 8.01. The van der Waals surface area contributed by atoms with Gasteiger partial charge >= 0.3 is 0 Å². The number of fused-ring (bicyclic) bond motifs is 2. The molecule has 15 heavy (non-hydrogen) atoms. The smallest absolute Gasteiger partial charge is 0.143 e. The summed E-state index contributed by atoms with van der Waals surface area (Å²) in [5.41, 5.74) is 4.27. The van der Waals surface area contributed by atoms with Crippen LogP contribution in [0.1, 0.15) is 10.4 Å². The van der Waals surface area contributed by atoms with E-state index in [9.17, 15) is 0 Å². The van der Waals surface area contributed by atoms with Crippen molar-refractivity contribution in [2.75, 3.05) is 0 Å².